The first-order chi connectivity index (χ1) is 18.1. The summed E-state index contributed by atoms with van der Waals surface area (Å²) in [5.74, 6) is 0.120. The second-order valence-corrected chi connectivity index (χ2v) is 11.2. The molecule has 3 aliphatic rings. The van der Waals surface area contributed by atoms with Crippen LogP contribution >= 0.6 is 0 Å². The first kappa shape index (κ1) is 24.4. The van der Waals surface area contributed by atoms with Crippen LogP contribution in [0.25, 0.3) is 11.0 Å². The average Bonchev–Trinajstić information content (AvgIpc) is 3.28. The van der Waals surface area contributed by atoms with Gasteiger partial charge in [-0.05, 0) is 44.2 Å². The molecule has 2 aliphatic carbocycles. The highest BCUT2D eigenvalue weighted by Crippen LogP contribution is 2.44. The maximum Gasteiger partial charge on any atom is 0.356 e. The Balaban J connectivity index is 1.39. The summed E-state index contributed by atoms with van der Waals surface area (Å²) in [6.45, 7) is 6.07. The van der Waals surface area contributed by atoms with Crippen molar-refractivity contribution in [3.63, 3.8) is 0 Å². The smallest absolute Gasteiger partial charge is 0.356 e. The van der Waals surface area contributed by atoms with Crippen molar-refractivity contribution in [2.45, 2.75) is 82.8 Å². The van der Waals surface area contributed by atoms with Crippen molar-refractivity contribution >= 4 is 22.7 Å². The summed E-state index contributed by atoms with van der Waals surface area (Å²) in [5.41, 5.74) is 4.93. The molecule has 7 heteroatoms. The van der Waals surface area contributed by atoms with Gasteiger partial charge in [-0.15, -0.1) is 0 Å². The van der Waals surface area contributed by atoms with Gasteiger partial charge in [-0.2, -0.15) is 5.10 Å². The van der Waals surface area contributed by atoms with Crippen LogP contribution in [0.4, 0.5) is 5.69 Å². The quantitative estimate of drug-likeness (QED) is 0.404. The van der Waals surface area contributed by atoms with Crippen molar-refractivity contribution in [2.75, 3.05) is 31.6 Å². The van der Waals surface area contributed by atoms with E-state index in [1.807, 2.05) is 6.07 Å². The number of fused-ring (bicyclic) bond motifs is 1. The Kier molecular flexibility index (Phi) is 6.89. The maximum absolute atomic E-state index is 12.8. The molecule has 3 aromatic rings. The summed E-state index contributed by atoms with van der Waals surface area (Å²) in [7, 11) is 1.44. The molecule has 1 aromatic carbocycles. The van der Waals surface area contributed by atoms with E-state index in [1.165, 1.54) is 62.3 Å². The number of rotatable bonds is 6. The normalized spacial score (nSPS) is 21.8. The Morgan fingerprint density at radius 1 is 1.03 bits per heavy atom. The number of aromatic nitrogens is 3. The van der Waals surface area contributed by atoms with Gasteiger partial charge in [0, 0.05) is 38.1 Å². The van der Waals surface area contributed by atoms with E-state index in [-0.39, 0.29) is 5.97 Å². The Morgan fingerprint density at radius 3 is 2.49 bits per heavy atom. The van der Waals surface area contributed by atoms with Crippen LogP contribution in [-0.2, 0) is 11.3 Å². The molecule has 0 radical (unpaired) electrons. The lowest BCUT2D eigenvalue weighted by Crippen LogP contribution is -2.51. The van der Waals surface area contributed by atoms with Crippen molar-refractivity contribution in [3.05, 3.63) is 53.3 Å². The average molecular weight is 502 g/mol. The van der Waals surface area contributed by atoms with E-state index >= 15 is 0 Å². The predicted octanol–water partition coefficient (Wildman–Crippen LogP) is 5.70. The van der Waals surface area contributed by atoms with E-state index in [1.54, 1.807) is 0 Å². The Labute approximate surface area is 219 Å². The SMILES string of the molecule is COC(=O)c1cc(N2CCN(Cc3ccccc3)[C@H](C)C2)c2c(C3CCC3)nn(C3CCCCC3)c2n1. The van der Waals surface area contributed by atoms with Crippen LogP contribution in [0.3, 0.4) is 0 Å². The molecule has 0 bridgehead atoms. The zero-order valence-corrected chi connectivity index (χ0v) is 22.2. The van der Waals surface area contributed by atoms with Gasteiger partial charge in [0.25, 0.3) is 0 Å². The molecule has 0 N–H and O–H groups in total. The topological polar surface area (TPSA) is 63.5 Å². The molecule has 196 valence electrons. The van der Waals surface area contributed by atoms with Crippen molar-refractivity contribution in [2.24, 2.45) is 0 Å². The van der Waals surface area contributed by atoms with E-state index in [9.17, 15) is 4.79 Å². The molecule has 1 atom stereocenters. The van der Waals surface area contributed by atoms with Gasteiger partial charge in [0.15, 0.2) is 11.3 Å². The summed E-state index contributed by atoms with van der Waals surface area (Å²) in [4.78, 5) is 22.7. The number of methoxy groups -OCH3 is 1. The lowest BCUT2D eigenvalue weighted by molar-refractivity contribution is 0.0594. The van der Waals surface area contributed by atoms with E-state index in [2.05, 4.69) is 51.7 Å². The van der Waals surface area contributed by atoms with Crippen molar-refractivity contribution in [1.82, 2.24) is 19.7 Å². The largest absolute Gasteiger partial charge is 0.464 e. The standard InChI is InChI=1S/C30H39N5O2/c1-21-19-34(17-16-33(21)20-22-10-5-3-6-11-22)26-18-25(30(36)37-2)31-29-27(26)28(23-12-9-13-23)32-35(29)24-14-7-4-8-15-24/h3,5-6,10-11,18,21,23-24H,4,7-9,12-17,19-20H2,1-2H3/t21-/m1/s1. The maximum atomic E-state index is 12.8. The molecule has 0 unspecified atom stereocenters. The molecule has 6 rings (SSSR count). The minimum atomic E-state index is -0.375. The van der Waals surface area contributed by atoms with Gasteiger partial charge < -0.3 is 9.64 Å². The van der Waals surface area contributed by atoms with Gasteiger partial charge in [0.2, 0.25) is 0 Å². The number of nitrogens with zero attached hydrogens (tertiary/aromatic N) is 5. The minimum Gasteiger partial charge on any atom is -0.464 e. The summed E-state index contributed by atoms with van der Waals surface area (Å²) < 4.78 is 7.33. The third-order valence-electron chi connectivity index (χ3n) is 8.81. The molecule has 37 heavy (non-hydrogen) atoms. The number of hydrogen-bond acceptors (Lipinski definition) is 6. The van der Waals surface area contributed by atoms with Crippen LogP contribution in [0.2, 0.25) is 0 Å². The minimum absolute atomic E-state index is 0.361. The van der Waals surface area contributed by atoms with Gasteiger partial charge >= 0.3 is 5.97 Å². The molecule has 3 heterocycles. The monoisotopic (exact) mass is 501 g/mol. The fourth-order valence-corrected chi connectivity index (χ4v) is 6.42. The van der Waals surface area contributed by atoms with Crippen LogP contribution in [-0.4, -0.2) is 58.4 Å². The third-order valence-corrected chi connectivity index (χ3v) is 8.81. The van der Waals surface area contributed by atoms with Crippen LogP contribution in [0.1, 0.15) is 92.0 Å². The van der Waals surface area contributed by atoms with Gasteiger partial charge in [-0.1, -0.05) is 56.0 Å². The molecule has 0 spiro atoms. The second-order valence-electron chi connectivity index (χ2n) is 11.2. The van der Waals surface area contributed by atoms with Crippen LogP contribution in [0.15, 0.2) is 36.4 Å². The fourth-order valence-electron chi connectivity index (χ4n) is 6.42. The number of benzene rings is 1. The highest BCUT2D eigenvalue weighted by Gasteiger charge is 2.33. The van der Waals surface area contributed by atoms with Crippen LogP contribution in [0, 0.1) is 0 Å². The molecule has 2 aromatic heterocycles. The summed E-state index contributed by atoms with van der Waals surface area (Å²) in [6, 6.07) is 13.4. The van der Waals surface area contributed by atoms with Crippen molar-refractivity contribution in [3.8, 4) is 0 Å². The first-order valence-electron chi connectivity index (χ1n) is 14.2. The first-order valence-corrected chi connectivity index (χ1v) is 14.2. The molecule has 2 saturated carbocycles. The van der Waals surface area contributed by atoms with E-state index < -0.39 is 0 Å². The zero-order valence-electron chi connectivity index (χ0n) is 22.2. The zero-order chi connectivity index (χ0) is 25.4. The van der Waals surface area contributed by atoms with Gasteiger partial charge in [0.05, 0.1) is 29.9 Å². The van der Waals surface area contributed by atoms with Crippen LogP contribution in [0.5, 0.6) is 0 Å². The number of piperazine rings is 1. The van der Waals surface area contributed by atoms with E-state index in [0.29, 0.717) is 23.7 Å². The Bertz CT molecular complexity index is 1250. The van der Waals surface area contributed by atoms with E-state index in [4.69, 9.17) is 14.8 Å². The Hall–Kier alpha value is -2.93. The molecule has 1 saturated heterocycles. The van der Waals surface area contributed by atoms with E-state index in [0.717, 1.165) is 50.4 Å². The highest BCUT2D eigenvalue weighted by atomic mass is 16.5. The Morgan fingerprint density at radius 2 is 1.81 bits per heavy atom. The number of carbonyl (C=O) groups excluding carboxylic acids is 1. The molecular weight excluding hydrogens is 462 g/mol. The highest BCUT2D eigenvalue weighted by molar-refractivity contribution is 5.98. The summed E-state index contributed by atoms with van der Waals surface area (Å²) in [5, 5.41) is 6.44. The number of hydrogen-bond donors (Lipinski definition) is 0. The molecule has 7 nitrogen and oxygen atoms in total. The second kappa shape index (κ2) is 10.4. The van der Waals surface area contributed by atoms with Gasteiger partial charge in [-0.3, -0.25) is 4.90 Å². The molecule has 0 amide bonds. The summed E-state index contributed by atoms with van der Waals surface area (Å²) >= 11 is 0. The third kappa shape index (κ3) is 4.74. The lowest BCUT2D eigenvalue weighted by Gasteiger charge is -2.41. The predicted molar refractivity (Wildman–Crippen MR) is 146 cm³/mol. The molecule has 1 aliphatic heterocycles. The number of pyridine rings is 1. The molecule has 3 fully saturated rings. The number of esters is 1. The molecular formula is C30H39N5O2. The summed E-state index contributed by atoms with van der Waals surface area (Å²) in [6.07, 6.45) is 9.67. The van der Waals surface area contributed by atoms with Crippen LogP contribution < -0.4 is 4.90 Å². The number of anilines is 1. The fraction of sp³-hybridized carbons (Fsp3) is 0.567. The number of ether oxygens (including phenoxy) is 1. The van der Waals surface area contributed by atoms with Crippen molar-refractivity contribution < 1.29 is 9.53 Å². The number of carbonyl (C=O) groups is 1. The van der Waals surface area contributed by atoms with Gasteiger partial charge in [-0.25, -0.2) is 14.5 Å². The van der Waals surface area contributed by atoms with Crippen molar-refractivity contribution in [1.29, 1.82) is 0 Å². The lowest BCUT2D eigenvalue weighted by atomic mass is 9.82. The van der Waals surface area contributed by atoms with Gasteiger partial charge in [0.1, 0.15) is 0 Å².